The molecule has 2 fully saturated rings. The van der Waals surface area contributed by atoms with Crippen molar-refractivity contribution < 1.29 is 4.79 Å². The van der Waals surface area contributed by atoms with Crippen LogP contribution in [-0.2, 0) is 4.79 Å². The van der Waals surface area contributed by atoms with Crippen molar-refractivity contribution in [3.63, 3.8) is 0 Å². The standard InChI is InChI=1S/C15H29N3O/c1-11(8-15(2,17-3)14(16)19)18-9-12-5-4-6-13(7-12)10-18/h11-13,17H,4-10H2,1-3H3,(H2,16,19). The molecule has 0 aromatic rings. The number of hydrogen-bond acceptors (Lipinski definition) is 3. The van der Waals surface area contributed by atoms with Crippen molar-refractivity contribution in [1.29, 1.82) is 0 Å². The molecule has 1 heterocycles. The monoisotopic (exact) mass is 267 g/mol. The van der Waals surface area contributed by atoms with Gasteiger partial charge in [0, 0.05) is 19.1 Å². The van der Waals surface area contributed by atoms with Gasteiger partial charge in [-0.1, -0.05) is 6.42 Å². The largest absolute Gasteiger partial charge is 0.368 e. The summed E-state index contributed by atoms with van der Waals surface area (Å²) in [6.07, 6.45) is 6.39. The van der Waals surface area contributed by atoms with Gasteiger partial charge in [-0.25, -0.2) is 0 Å². The molecule has 4 atom stereocenters. The maximum atomic E-state index is 11.6. The second-order valence-corrected chi connectivity index (χ2v) is 6.85. The topological polar surface area (TPSA) is 58.4 Å². The van der Waals surface area contributed by atoms with Crippen LogP contribution < -0.4 is 11.1 Å². The van der Waals surface area contributed by atoms with Crippen LogP contribution in [0.1, 0.15) is 46.0 Å². The van der Waals surface area contributed by atoms with Crippen LogP contribution in [0.3, 0.4) is 0 Å². The highest BCUT2D eigenvalue weighted by Crippen LogP contribution is 2.35. The Morgan fingerprint density at radius 3 is 2.47 bits per heavy atom. The van der Waals surface area contributed by atoms with Gasteiger partial charge in [0.15, 0.2) is 0 Å². The smallest absolute Gasteiger partial charge is 0.237 e. The molecule has 4 nitrogen and oxygen atoms in total. The molecule has 2 bridgehead atoms. The Morgan fingerprint density at radius 1 is 1.42 bits per heavy atom. The SMILES string of the molecule is CNC(C)(CC(C)N1CC2CCCC(C2)C1)C(N)=O. The highest BCUT2D eigenvalue weighted by molar-refractivity contribution is 5.84. The fraction of sp³-hybridized carbons (Fsp3) is 0.933. The molecule has 3 N–H and O–H groups in total. The second kappa shape index (κ2) is 5.80. The van der Waals surface area contributed by atoms with Crippen LogP contribution in [0.4, 0.5) is 0 Å². The molecule has 1 amide bonds. The molecule has 19 heavy (non-hydrogen) atoms. The number of carbonyl (C=O) groups excluding carboxylic acids is 1. The van der Waals surface area contributed by atoms with E-state index in [4.69, 9.17) is 5.73 Å². The first-order valence-corrected chi connectivity index (χ1v) is 7.67. The predicted molar refractivity (Wildman–Crippen MR) is 77.8 cm³/mol. The Balaban J connectivity index is 1.96. The number of nitrogens with one attached hydrogen (secondary N) is 1. The molecule has 0 spiro atoms. The number of nitrogens with two attached hydrogens (primary N) is 1. The van der Waals surface area contributed by atoms with E-state index in [0.29, 0.717) is 6.04 Å². The number of hydrogen-bond donors (Lipinski definition) is 2. The van der Waals surface area contributed by atoms with E-state index in [2.05, 4.69) is 17.1 Å². The molecule has 0 radical (unpaired) electrons. The third kappa shape index (κ3) is 3.29. The fourth-order valence-corrected chi connectivity index (χ4v) is 3.88. The van der Waals surface area contributed by atoms with Gasteiger partial charge in [0.2, 0.25) is 5.91 Å². The summed E-state index contributed by atoms with van der Waals surface area (Å²) in [6.45, 7) is 6.56. The Kier molecular flexibility index (Phi) is 4.51. The van der Waals surface area contributed by atoms with Crippen molar-refractivity contribution in [2.24, 2.45) is 17.6 Å². The molecule has 110 valence electrons. The van der Waals surface area contributed by atoms with Crippen molar-refractivity contribution in [3.8, 4) is 0 Å². The molecular weight excluding hydrogens is 238 g/mol. The minimum absolute atomic E-state index is 0.251. The van der Waals surface area contributed by atoms with Gasteiger partial charge < -0.3 is 16.0 Å². The quantitative estimate of drug-likeness (QED) is 0.790. The molecule has 1 saturated heterocycles. The molecule has 4 heteroatoms. The molecule has 2 rings (SSSR count). The molecule has 0 aromatic heterocycles. The van der Waals surface area contributed by atoms with Crippen LogP contribution in [0.15, 0.2) is 0 Å². The normalized spacial score (nSPS) is 32.6. The van der Waals surface area contributed by atoms with Gasteiger partial charge in [-0.05, 0) is 58.4 Å². The summed E-state index contributed by atoms with van der Waals surface area (Å²) in [7, 11) is 1.82. The highest BCUT2D eigenvalue weighted by Gasteiger charge is 2.36. The lowest BCUT2D eigenvalue weighted by Gasteiger charge is -2.45. The summed E-state index contributed by atoms with van der Waals surface area (Å²) < 4.78 is 0. The van der Waals surface area contributed by atoms with E-state index in [1.807, 2.05) is 14.0 Å². The Hall–Kier alpha value is -0.610. The summed E-state index contributed by atoms with van der Waals surface area (Å²) in [5, 5.41) is 3.10. The molecule has 1 saturated carbocycles. The van der Waals surface area contributed by atoms with Gasteiger partial charge >= 0.3 is 0 Å². The number of likely N-dealkylation sites (N-methyl/N-ethyl adjacent to an activating group) is 1. The van der Waals surface area contributed by atoms with Gasteiger partial charge in [-0.2, -0.15) is 0 Å². The minimum Gasteiger partial charge on any atom is -0.368 e. The second-order valence-electron chi connectivity index (χ2n) is 6.85. The van der Waals surface area contributed by atoms with Crippen LogP contribution in [-0.4, -0.2) is 42.5 Å². The first-order valence-electron chi connectivity index (χ1n) is 7.67. The Bertz CT molecular complexity index is 321. The number of nitrogens with zero attached hydrogens (tertiary/aromatic N) is 1. The van der Waals surface area contributed by atoms with E-state index in [1.54, 1.807) is 0 Å². The average molecular weight is 267 g/mol. The van der Waals surface area contributed by atoms with E-state index >= 15 is 0 Å². The number of likely N-dealkylation sites (tertiary alicyclic amines) is 1. The van der Waals surface area contributed by atoms with E-state index < -0.39 is 5.54 Å². The van der Waals surface area contributed by atoms with E-state index in [9.17, 15) is 4.79 Å². The summed E-state index contributed by atoms with van der Waals surface area (Å²) in [5.41, 5.74) is 4.94. The lowest BCUT2D eigenvalue weighted by molar-refractivity contribution is -0.124. The van der Waals surface area contributed by atoms with E-state index in [1.165, 1.54) is 38.8 Å². The zero-order valence-electron chi connectivity index (χ0n) is 12.6. The molecule has 2 aliphatic rings. The number of rotatable bonds is 5. The van der Waals surface area contributed by atoms with Crippen LogP contribution in [0.5, 0.6) is 0 Å². The lowest BCUT2D eigenvalue weighted by Crippen LogP contribution is -2.56. The van der Waals surface area contributed by atoms with Gasteiger partial charge in [0.05, 0.1) is 5.54 Å². The molecule has 0 aromatic carbocycles. The fourth-order valence-electron chi connectivity index (χ4n) is 3.88. The summed E-state index contributed by atoms with van der Waals surface area (Å²) in [4.78, 5) is 14.2. The predicted octanol–water partition coefficient (Wildman–Crippen LogP) is 1.35. The van der Waals surface area contributed by atoms with E-state index in [0.717, 1.165) is 18.3 Å². The third-order valence-electron chi connectivity index (χ3n) is 5.30. The highest BCUT2D eigenvalue weighted by atomic mass is 16.1. The summed E-state index contributed by atoms with van der Waals surface area (Å²) in [6, 6.07) is 0.411. The van der Waals surface area contributed by atoms with Gasteiger partial charge in [-0.3, -0.25) is 4.79 Å². The number of primary amides is 1. The van der Waals surface area contributed by atoms with Crippen molar-refractivity contribution >= 4 is 5.91 Å². The zero-order chi connectivity index (χ0) is 14.0. The minimum atomic E-state index is -0.591. The maximum Gasteiger partial charge on any atom is 0.237 e. The molecule has 1 aliphatic carbocycles. The summed E-state index contributed by atoms with van der Waals surface area (Å²) in [5.74, 6) is 1.51. The average Bonchev–Trinajstić information content (AvgIpc) is 2.37. The molecule has 4 unspecified atom stereocenters. The lowest BCUT2D eigenvalue weighted by atomic mass is 9.77. The van der Waals surface area contributed by atoms with Gasteiger partial charge in [0.1, 0.15) is 0 Å². The number of piperidine rings is 1. The summed E-state index contributed by atoms with van der Waals surface area (Å²) >= 11 is 0. The van der Waals surface area contributed by atoms with Crippen LogP contribution in [0.2, 0.25) is 0 Å². The third-order valence-corrected chi connectivity index (χ3v) is 5.30. The first kappa shape index (κ1) is 14.8. The number of fused-ring (bicyclic) bond motifs is 2. The zero-order valence-corrected chi connectivity index (χ0v) is 12.6. The van der Waals surface area contributed by atoms with Crippen LogP contribution in [0.25, 0.3) is 0 Å². The first-order chi connectivity index (χ1) is 8.94. The Morgan fingerprint density at radius 2 is 2.00 bits per heavy atom. The van der Waals surface area contributed by atoms with Gasteiger partial charge in [0.25, 0.3) is 0 Å². The number of amides is 1. The number of carbonyl (C=O) groups is 1. The van der Waals surface area contributed by atoms with Gasteiger partial charge in [-0.15, -0.1) is 0 Å². The van der Waals surface area contributed by atoms with E-state index in [-0.39, 0.29) is 5.91 Å². The van der Waals surface area contributed by atoms with Crippen LogP contribution >= 0.6 is 0 Å². The Labute approximate surface area is 117 Å². The maximum absolute atomic E-state index is 11.6. The van der Waals surface area contributed by atoms with Crippen molar-refractivity contribution in [2.75, 3.05) is 20.1 Å². The van der Waals surface area contributed by atoms with Crippen molar-refractivity contribution in [3.05, 3.63) is 0 Å². The van der Waals surface area contributed by atoms with Crippen LogP contribution in [0, 0.1) is 11.8 Å². The molecular formula is C15H29N3O. The van der Waals surface area contributed by atoms with Crippen molar-refractivity contribution in [2.45, 2.75) is 57.5 Å². The van der Waals surface area contributed by atoms with Crippen molar-refractivity contribution in [1.82, 2.24) is 10.2 Å². The molecule has 1 aliphatic heterocycles.